The number of benzene rings is 1. The Kier molecular flexibility index (Phi) is 8.86. The van der Waals surface area contributed by atoms with Gasteiger partial charge in [-0.2, -0.15) is 0 Å². The molecular weight excluding hydrogens is 292 g/mol. The molecular formula is C17H26ClF2N. The summed E-state index contributed by atoms with van der Waals surface area (Å²) >= 11 is 5.53. The summed E-state index contributed by atoms with van der Waals surface area (Å²) < 4.78 is 27.1. The molecule has 0 saturated carbocycles. The maximum Gasteiger partial charge on any atom is 0.142 e. The van der Waals surface area contributed by atoms with Crippen molar-refractivity contribution in [3.8, 4) is 0 Å². The molecule has 0 spiro atoms. The quantitative estimate of drug-likeness (QED) is 0.406. The van der Waals surface area contributed by atoms with Crippen molar-refractivity contribution in [2.45, 2.75) is 70.8 Å². The highest BCUT2D eigenvalue weighted by Gasteiger charge is 2.14. The molecule has 4 heteroatoms. The van der Waals surface area contributed by atoms with Gasteiger partial charge in [0, 0.05) is 11.6 Å². The SMILES string of the molecule is CCCCCCCCCCC(N)c1cc(F)c(Cl)cc1F. The van der Waals surface area contributed by atoms with E-state index in [2.05, 4.69) is 6.92 Å². The summed E-state index contributed by atoms with van der Waals surface area (Å²) in [7, 11) is 0. The van der Waals surface area contributed by atoms with Gasteiger partial charge in [-0.15, -0.1) is 0 Å². The van der Waals surface area contributed by atoms with E-state index < -0.39 is 17.7 Å². The van der Waals surface area contributed by atoms with Crippen LogP contribution in [-0.2, 0) is 0 Å². The van der Waals surface area contributed by atoms with Crippen LogP contribution in [0.1, 0.15) is 76.3 Å². The topological polar surface area (TPSA) is 26.0 Å². The van der Waals surface area contributed by atoms with Crippen LogP contribution in [0.2, 0.25) is 5.02 Å². The van der Waals surface area contributed by atoms with E-state index in [0.29, 0.717) is 6.42 Å². The van der Waals surface area contributed by atoms with Crippen molar-refractivity contribution in [3.63, 3.8) is 0 Å². The average molecular weight is 318 g/mol. The van der Waals surface area contributed by atoms with Gasteiger partial charge in [0.05, 0.1) is 5.02 Å². The first-order valence-corrected chi connectivity index (χ1v) is 8.34. The Morgan fingerprint density at radius 1 is 0.952 bits per heavy atom. The second-order valence-electron chi connectivity index (χ2n) is 5.66. The van der Waals surface area contributed by atoms with E-state index in [1.165, 1.54) is 38.5 Å². The Labute approximate surface area is 131 Å². The smallest absolute Gasteiger partial charge is 0.142 e. The number of rotatable bonds is 10. The highest BCUT2D eigenvalue weighted by Crippen LogP contribution is 2.25. The molecule has 1 aromatic carbocycles. The molecule has 1 rings (SSSR count). The molecule has 0 aliphatic rings. The van der Waals surface area contributed by atoms with Gasteiger partial charge in [0.15, 0.2) is 0 Å². The highest BCUT2D eigenvalue weighted by atomic mass is 35.5. The van der Waals surface area contributed by atoms with Gasteiger partial charge in [-0.1, -0.05) is 69.9 Å². The molecule has 21 heavy (non-hydrogen) atoms. The van der Waals surface area contributed by atoms with E-state index in [1.54, 1.807) is 0 Å². The maximum absolute atomic E-state index is 13.7. The zero-order chi connectivity index (χ0) is 15.7. The first-order chi connectivity index (χ1) is 10.1. The van der Waals surface area contributed by atoms with Crippen LogP contribution in [0.4, 0.5) is 8.78 Å². The van der Waals surface area contributed by atoms with E-state index in [0.717, 1.165) is 25.0 Å². The fourth-order valence-electron chi connectivity index (χ4n) is 2.48. The third-order valence-corrected chi connectivity index (χ3v) is 4.10. The average Bonchev–Trinajstić information content (AvgIpc) is 2.45. The Balaban J connectivity index is 2.25. The van der Waals surface area contributed by atoms with Crippen LogP contribution >= 0.6 is 11.6 Å². The molecule has 0 fully saturated rings. The van der Waals surface area contributed by atoms with Gasteiger partial charge in [0.2, 0.25) is 0 Å². The van der Waals surface area contributed by atoms with Crippen LogP contribution in [0.3, 0.4) is 0 Å². The zero-order valence-electron chi connectivity index (χ0n) is 12.8. The molecule has 120 valence electrons. The second-order valence-corrected chi connectivity index (χ2v) is 6.07. The first-order valence-electron chi connectivity index (χ1n) is 7.96. The van der Waals surface area contributed by atoms with E-state index in [1.807, 2.05) is 0 Å². The second kappa shape index (κ2) is 10.1. The standard InChI is InChI=1S/C17H26ClF2N/c1-2-3-4-5-6-7-8-9-10-17(21)13-11-16(20)14(18)12-15(13)19/h11-12,17H,2-10,21H2,1H3. The predicted octanol–water partition coefficient (Wildman–Crippen LogP) is 6.15. The Bertz CT molecular complexity index is 423. The minimum atomic E-state index is -0.612. The molecule has 0 aliphatic heterocycles. The minimum absolute atomic E-state index is 0.199. The van der Waals surface area contributed by atoms with E-state index in [-0.39, 0.29) is 10.6 Å². The number of hydrogen-bond donors (Lipinski definition) is 1. The van der Waals surface area contributed by atoms with Crippen LogP contribution in [0.5, 0.6) is 0 Å². The number of unbranched alkanes of at least 4 members (excludes halogenated alkanes) is 7. The lowest BCUT2D eigenvalue weighted by atomic mass is 9.99. The van der Waals surface area contributed by atoms with Crippen LogP contribution < -0.4 is 5.73 Å². The van der Waals surface area contributed by atoms with Gasteiger partial charge in [-0.25, -0.2) is 8.78 Å². The monoisotopic (exact) mass is 317 g/mol. The summed E-state index contributed by atoms with van der Waals surface area (Å²) in [5.41, 5.74) is 6.17. The maximum atomic E-state index is 13.7. The molecule has 0 amide bonds. The number of hydrogen-bond acceptors (Lipinski definition) is 1. The van der Waals surface area contributed by atoms with E-state index in [4.69, 9.17) is 17.3 Å². The molecule has 2 N–H and O–H groups in total. The Morgan fingerprint density at radius 3 is 2.14 bits per heavy atom. The van der Waals surface area contributed by atoms with Gasteiger partial charge >= 0.3 is 0 Å². The molecule has 1 atom stereocenters. The lowest BCUT2D eigenvalue weighted by Gasteiger charge is -2.13. The van der Waals surface area contributed by atoms with E-state index >= 15 is 0 Å². The third-order valence-electron chi connectivity index (χ3n) is 3.81. The summed E-state index contributed by atoms with van der Waals surface area (Å²) in [6.45, 7) is 2.21. The fourth-order valence-corrected chi connectivity index (χ4v) is 2.63. The number of nitrogens with two attached hydrogens (primary N) is 1. The van der Waals surface area contributed by atoms with Gasteiger partial charge < -0.3 is 5.73 Å². The number of halogens is 3. The van der Waals surface area contributed by atoms with Gasteiger partial charge in [0.1, 0.15) is 11.6 Å². The fraction of sp³-hybridized carbons (Fsp3) is 0.647. The van der Waals surface area contributed by atoms with Crippen molar-refractivity contribution in [3.05, 3.63) is 34.4 Å². The van der Waals surface area contributed by atoms with Crippen molar-refractivity contribution in [1.29, 1.82) is 0 Å². The van der Waals surface area contributed by atoms with Gasteiger partial charge in [-0.3, -0.25) is 0 Å². The molecule has 0 aromatic heterocycles. The van der Waals surface area contributed by atoms with Crippen molar-refractivity contribution < 1.29 is 8.78 Å². The molecule has 0 radical (unpaired) electrons. The molecule has 0 heterocycles. The van der Waals surface area contributed by atoms with Crippen LogP contribution in [-0.4, -0.2) is 0 Å². The van der Waals surface area contributed by atoms with Crippen LogP contribution in [0.25, 0.3) is 0 Å². The molecule has 0 saturated heterocycles. The van der Waals surface area contributed by atoms with Crippen LogP contribution in [0.15, 0.2) is 12.1 Å². The first kappa shape index (κ1) is 18.4. The van der Waals surface area contributed by atoms with Crippen molar-refractivity contribution in [2.24, 2.45) is 5.73 Å². The van der Waals surface area contributed by atoms with Crippen molar-refractivity contribution >= 4 is 11.6 Å². The third kappa shape index (κ3) is 6.75. The lowest BCUT2D eigenvalue weighted by molar-refractivity contribution is 0.512. The van der Waals surface area contributed by atoms with Gasteiger partial charge in [-0.05, 0) is 18.6 Å². The minimum Gasteiger partial charge on any atom is -0.324 e. The molecule has 0 bridgehead atoms. The molecule has 0 aliphatic carbocycles. The normalized spacial score (nSPS) is 12.6. The largest absolute Gasteiger partial charge is 0.324 e. The van der Waals surface area contributed by atoms with Gasteiger partial charge in [0.25, 0.3) is 0 Å². The summed E-state index contributed by atoms with van der Waals surface area (Å²) in [5, 5.41) is -0.199. The van der Waals surface area contributed by atoms with Crippen molar-refractivity contribution in [1.82, 2.24) is 0 Å². The molecule has 1 aromatic rings. The summed E-state index contributed by atoms with van der Waals surface area (Å²) in [5.74, 6) is -1.13. The summed E-state index contributed by atoms with van der Waals surface area (Å²) in [6, 6.07) is 1.66. The predicted molar refractivity (Wildman–Crippen MR) is 85.5 cm³/mol. The Morgan fingerprint density at radius 2 is 1.52 bits per heavy atom. The highest BCUT2D eigenvalue weighted by molar-refractivity contribution is 6.30. The van der Waals surface area contributed by atoms with Crippen LogP contribution in [0, 0.1) is 11.6 Å². The summed E-state index contributed by atoms with van der Waals surface area (Å²) in [6.07, 6.45) is 10.3. The lowest BCUT2D eigenvalue weighted by Crippen LogP contribution is -2.12. The van der Waals surface area contributed by atoms with E-state index in [9.17, 15) is 8.78 Å². The van der Waals surface area contributed by atoms with Crippen molar-refractivity contribution in [2.75, 3.05) is 0 Å². The Hall–Kier alpha value is -0.670. The molecule has 1 nitrogen and oxygen atoms in total. The molecule has 1 unspecified atom stereocenters. The summed E-state index contributed by atoms with van der Waals surface area (Å²) in [4.78, 5) is 0. The zero-order valence-corrected chi connectivity index (χ0v) is 13.6.